The molecule has 1 saturated heterocycles. The number of methoxy groups -OCH3 is 1. The minimum Gasteiger partial charge on any atom is -0.493 e. The molecule has 5 nitrogen and oxygen atoms in total. The van der Waals surface area contributed by atoms with Crippen LogP contribution >= 0.6 is 11.8 Å². The number of ether oxygens (including phenoxy) is 2. The van der Waals surface area contributed by atoms with E-state index in [1.54, 1.807) is 17.8 Å². The van der Waals surface area contributed by atoms with Gasteiger partial charge >= 0.3 is 6.61 Å². The van der Waals surface area contributed by atoms with Gasteiger partial charge in [-0.2, -0.15) is 20.5 Å². The fourth-order valence-electron chi connectivity index (χ4n) is 1.91. The summed E-state index contributed by atoms with van der Waals surface area (Å²) in [6, 6.07) is 4.07. The van der Waals surface area contributed by atoms with Crippen molar-refractivity contribution in [3.63, 3.8) is 0 Å². The molecular weight excluding hydrogens is 302 g/mol. The molecule has 1 unspecified atom stereocenters. The molecule has 1 aliphatic rings. The molecule has 2 rings (SSSR count). The summed E-state index contributed by atoms with van der Waals surface area (Å²) in [6.45, 7) is -2.19. The number of hydrogen-bond acceptors (Lipinski definition) is 5. The molecule has 2 N–H and O–H groups in total. The fraction of sp³-hybridized carbons (Fsp3) is 0.462. The van der Waals surface area contributed by atoms with Gasteiger partial charge in [0.05, 0.1) is 13.2 Å². The Bertz CT molecular complexity index is 496. The SMILES string of the molecule is COc1ccc(NC(=O)C2CSCCN2)cc1OC(F)F. The zero-order valence-electron chi connectivity index (χ0n) is 11.4. The summed E-state index contributed by atoms with van der Waals surface area (Å²) in [7, 11) is 1.36. The number of amides is 1. The van der Waals surface area contributed by atoms with E-state index < -0.39 is 6.61 Å². The van der Waals surface area contributed by atoms with Crippen molar-refractivity contribution >= 4 is 23.4 Å². The number of rotatable bonds is 5. The number of nitrogens with one attached hydrogen (secondary N) is 2. The van der Waals surface area contributed by atoms with Gasteiger partial charge in [-0.3, -0.25) is 4.79 Å². The van der Waals surface area contributed by atoms with Crippen LogP contribution in [0.1, 0.15) is 0 Å². The Labute approximate surface area is 125 Å². The molecule has 0 aliphatic carbocycles. The summed E-state index contributed by atoms with van der Waals surface area (Å²) in [6.07, 6.45) is 0. The lowest BCUT2D eigenvalue weighted by molar-refractivity contribution is -0.117. The van der Waals surface area contributed by atoms with E-state index in [0.717, 1.165) is 12.3 Å². The number of alkyl halides is 2. The van der Waals surface area contributed by atoms with Crippen LogP contribution in [0.4, 0.5) is 14.5 Å². The molecule has 0 radical (unpaired) electrons. The monoisotopic (exact) mass is 318 g/mol. The lowest BCUT2D eigenvalue weighted by atomic mass is 10.2. The standard InChI is InChI=1S/C13H16F2N2O3S/c1-19-10-3-2-8(6-11(10)20-13(14)15)17-12(18)9-7-21-5-4-16-9/h2-3,6,9,13,16H,4-5,7H2,1H3,(H,17,18). The van der Waals surface area contributed by atoms with Crippen molar-refractivity contribution in [1.82, 2.24) is 5.32 Å². The Morgan fingerprint density at radius 3 is 2.90 bits per heavy atom. The smallest absolute Gasteiger partial charge is 0.387 e. The average Bonchev–Trinajstić information content (AvgIpc) is 2.48. The summed E-state index contributed by atoms with van der Waals surface area (Å²) < 4.78 is 34.0. The molecule has 1 aromatic rings. The van der Waals surface area contributed by atoms with Crippen LogP contribution in [0, 0.1) is 0 Å². The summed E-state index contributed by atoms with van der Waals surface area (Å²) in [5.74, 6) is 1.52. The minimum atomic E-state index is -2.96. The molecule has 1 atom stereocenters. The Balaban J connectivity index is 2.07. The number of benzene rings is 1. The minimum absolute atomic E-state index is 0.115. The Hall–Kier alpha value is -1.54. The van der Waals surface area contributed by atoms with Crippen molar-refractivity contribution in [3.05, 3.63) is 18.2 Å². The van der Waals surface area contributed by atoms with E-state index in [1.165, 1.54) is 19.2 Å². The van der Waals surface area contributed by atoms with E-state index in [1.807, 2.05) is 0 Å². The van der Waals surface area contributed by atoms with E-state index in [4.69, 9.17) is 4.74 Å². The van der Waals surface area contributed by atoms with Crippen molar-refractivity contribution in [3.8, 4) is 11.5 Å². The number of carbonyl (C=O) groups excluding carboxylic acids is 1. The maximum absolute atomic E-state index is 12.3. The van der Waals surface area contributed by atoms with Crippen molar-refractivity contribution in [1.29, 1.82) is 0 Å². The second-order valence-corrected chi connectivity index (χ2v) is 5.46. The van der Waals surface area contributed by atoms with Crippen LogP contribution in [-0.4, -0.2) is 43.7 Å². The van der Waals surface area contributed by atoms with Crippen LogP contribution < -0.4 is 20.1 Å². The van der Waals surface area contributed by atoms with Gasteiger partial charge in [0.25, 0.3) is 0 Å². The first kappa shape index (κ1) is 15.8. The van der Waals surface area contributed by atoms with Gasteiger partial charge in [-0.25, -0.2) is 0 Å². The third-order valence-corrected chi connectivity index (χ3v) is 3.95. The van der Waals surface area contributed by atoms with Gasteiger partial charge in [0.1, 0.15) is 0 Å². The Morgan fingerprint density at radius 1 is 1.48 bits per heavy atom. The molecule has 0 aromatic heterocycles. The molecule has 1 aliphatic heterocycles. The number of thioether (sulfide) groups is 1. The third kappa shape index (κ3) is 4.47. The first-order valence-corrected chi connectivity index (χ1v) is 7.50. The van der Waals surface area contributed by atoms with Gasteiger partial charge in [-0.15, -0.1) is 0 Å². The van der Waals surface area contributed by atoms with Gasteiger partial charge in [0.15, 0.2) is 11.5 Å². The van der Waals surface area contributed by atoms with Crippen LogP contribution in [0.5, 0.6) is 11.5 Å². The molecule has 21 heavy (non-hydrogen) atoms. The summed E-state index contributed by atoms with van der Waals surface area (Å²) >= 11 is 1.69. The van der Waals surface area contributed by atoms with E-state index >= 15 is 0 Å². The highest BCUT2D eigenvalue weighted by atomic mass is 32.2. The number of hydrogen-bond donors (Lipinski definition) is 2. The van der Waals surface area contributed by atoms with Crippen molar-refractivity contribution < 1.29 is 23.0 Å². The van der Waals surface area contributed by atoms with Crippen LogP contribution in [0.15, 0.2) is 18.2 Å². The molecule has 0 saturated carbocycles. The number of halogens is 2. The van der Waals surface area contributed by atoms with E-state index in [9.17, 15) is 13.6 Å². The van der Waals surface area contributed by atoms with E-state index in [0.29, 0.717) is 11.4 Å². The molecule has 1 amide bonds. The highest BCUT2D eigenvalue weighted by Crippen LogP contribution is 2.31. The maximum Gasteiger partial charge on any atom is 0.387 e. The number of carbonyl (C=O) groups is 1. The largest absolute Gasteiger partial charge is 0.493 e. The summed E-state index contributed by atoms with van der Waals surface area (Å²) in [4.78, 5) is 12.0. The first-order chi connectivity index (χ1) is 10.1. The molecular formula is C13H16F2N2O3S. The molecule has 1 aromatic carbocycles. The lowest BCUT2D eigenvalue weighted by Gasteiger charge is -2.22. The summed E-state index contributed by atoms with van der Waals surface area (Å²) in [5, 5.41) is 5.78. The van der Waals surface area contributed by atoms with Crippen LogP contribution in [-0.2, 0) is 4.79 Å². The van der Waals surface area contributed by atoms with Gasteiger partial charge < -0.3 is 20.1 Å². The van der Waals surface area contributed by atoms with E-state index in [-0.39, 0.29) is 23.4 Å². The second kappa shape index (κ2) is 7.46. The fourth-order valence-corrected chi connectivity index (χ4v) is 2.84. The Kier molecular flexibility index (Phi) is 5.63. The lowest BCUT2D eigenvalue weighted by Crippen LogP contribution is -2.46. The molecule has 116 valence electrons. The molecule has 0 bridgehead atoms. The molecule has 0 spiro atoms. The maximum atomic E-state index is 12.3. The van der Waals surface area contributed by atoms with Crippen molar-refractivity contribution in [2.45, 2.75) is 12.7 Å². The Morgan fingerprint density at radius 2 is 2.29 bits per heavy atom. The van der Waals surface area contributed by atoms with Gasteiger partial charge in [0.2, 0.25) is 5.91 Å². The van der Waals surface area contributed by atoms with E-state index in [2.05, 4.69) is 15.4 Å². The van der Waals surface area contributed by atoms with Crippen LogP contribution in [0.25, 0.3) is 0 Å². The number of anilines is 1. The zero-order chi connectivity index (χ0) is 15.2. The molecule has 8 heteroatoms. The molecule has 1 heterocycles. The van der Waals surface area contributed by atoms with Crippen LogP contribution in [0.2, 0.25) is 0 Å². The normalized spacial score (nSPS) is 18.4. The third-order valence-electron chi connectivity index (χ3n) is 2.89. The van der Waals surface area contributed by atoms with Crippen molar-refractivity contribution in [2.24, 2.45) is 0 Å². The van der Waals surface area contributed by atoms with Crippen molar-refractivity contribution in [2.75, 3.05) is 30.5 Å². The highest BCUT2D eigenvalue weighted by Gasteiger charge is 2.21. The summed E-state index contributed by atoms with van der Waals surface area (Å²) in [5.41, 5.74) is 0.383. The first-order valence-electron chi connectivity index (χ1n) is 6.35. The second-order valence-electron chi connectivity index (χ2n) is 4.32. The van der Waals surface area contributed by atoms with Gasteiger partial charge in [-0.1, -0.05) is 0 Å². The van der Waals surface area contributed by atoms with Gasteiger partial charge in [-0.05, 0) is 12.1 Å². The van der Waals surface area contributed by atoms with Crippen LogP contribution in [0.3, 0.4) is 0 Å². The van der Waals surface area contributed by atoms with Gasteiger partial charge in [0, 0.05) is 29.8 Å². The average molecular weight is 318 g/mol. The predicted octanol–water partition coefficient (Wildman–Crippen LogP) is 1.94. The highest BCUT2D eigenvalue weighted by molar-refractivity contribution is 7.99. The zero-order valence-corrected chi connectivity index (χ0v) is 12.2. The quantitative estimate of drug-likeness (QED) is 0.869. The molecule has 1 fully saturated rings. The predicted molar refractivity (Wildman–Crippen MR) is 77.4 cm³/mol. The topological polar surface area (TPSA) is 59.6 Å².